The van der Waals surface area contributed by atoms with Crippen LogP contribution < -0.4 is 0 Å². The van der Waals surface area contributed by atoms with Crippen molar-refractivity contribution >= 4 is 10.9 Å². The largest absolute Gasteiger partial charge is 0.508 e. The fourth-order valence-electron chi connectivity index (χ4n) is 4.35. The smallest absolute Gasteiger partial charge is 0.188 e. The maximum Gasteiger partial charge on any atom is 0.188 e. The van der Waals surface area contributed by atoms with E-state index in [1.54, 1.807) is 6.07 Å². The second kappa shape index (κ2) is 6.12. The SMILES string of the molecule is Cc1c2n(c3ccccc13)CC(=[C+]c1ccccc1)C2c1ccccc1O. The van der Waals surface area contributed by atoms with Crippen molar-refractivity contribution in [3.63, 3.8) is 0 Å². The number of benzene rings is 3. The van der Waals surface area contributed by atoms with E-state index in [4.69, 9.17) is 0 Å². The predicted molar refractivity (Wildman–Crippen MR) is 109 cm³/mol. The molecule has 2 nitrogen and oxygen atoms in total. The maximum absolute atomic E-state index is 10.6. The van der Waals surface area contributed by atoms with Crippen molar-refractivity contribution in [2.75, 3.05) is 0 Å². The van der Waals surface area contributed by atoms with Crippen molar-refractivity contribution in [1.82, 2.24) is 4.57 Å². The van der Waals surface area contributed by atoms with Crippen LogP contribution in [0, 0.1) is 13.0 Å². The van der Waals surface area contributed by atoms with Crippen LogP contribution in [0.2, 0.25) is 0 Å². The molecular formula is C25H20NO+. The summed E-state index contributed by atoms with van der Waals surface area (Å²) in [5.41, 5.74) is 6.99. The van der Waals surface area contributed by atoms with Crippen molar-refractivity contribution in [3.8, 4) is 5.75 Å². The number of allylic oxidation sites excluding steroid dienone is 1. The Labute approximate surface area is 159 Å². The summed E-state index contributed by atoms with van der Waals surface area (Å²) in [5, 5.41) is 11.9. The van der Waals surface area contributed by atoms with Crippen LogP contribution in [0.4, 0.5) is 0 Å². The third-order valence-corrected chi connectivity index (χ3v) is 5.55. The van der Waals surface area contributed by atoms with E-state index in [9.17, 15) is 5.11 Å². The molecule has 4 aromatic rings. The van der Waals surface area contributed by atoms with Crippen LogP contribution >= 0.6 is 0 Å². The highest BCUT2D eigenvalue weighted by molar-refractivity contribution is 5.87. The molecule has 130 valence electrons. The minimum Gasteiger partial charge on any atom is -0.508 e. The van der Waals surface area contributed by atoms with E-state index in [0.717, 1.165) is 17.7 Å². The van der Waals surface area contributed by atoms with Crippen molar-refractivity contribution in [2.24, 2.45) is 0 Å². The zero-order chi connectivity index (χ0) is 18.4. The quantitative estimate of drug-likeness (QED) is 0.469. The Kier molecular flexibility index (Phi) is 3.60. The van der Waals surface area contributed by atoms with Gasteiger partial charge in [-0.3, -0.25) is 0 Å². The maximum atomic E-state index is 10.6. The normalized spacial score (nSPS) is 17.2. The molecule has 1 atom stereocenters. The van der Waals surface area contributed by atoms with E-state index in [2.05, 4.69) is 54.0 Å². The van der Waals surface area contributed by atoms with Gasteiger partial charge in [-0.15, -0.1) is 0 Å². The molecular weight excluding hydrogens is 330 g/mol. The molecule has 2 heterocycles. The van der Waals surface area contributed by atoms with E-state index in [1.165, 1.54) is 27.7 Å². The van der Waals surface area contributed by atoms with Gasteiger partial charge in [0, 0.05) is 28.2 Å². The monoisotopic (exact) mass is 350 g/mol. The second-order valence-electron chi connectivity index (χ2n) is 7.12. The number of hydrogen-bond donors (Lipinski definition) is 1. The predicted octanol–water partition coefficient (Wildman–Crippen LogP) is 5.58. The van der Waals surface area contributed by atoms with Crippen LogP contribution in [0.25, 0.3) is 10.9 Å². The van der Waals surface area contributed by atoms with Gasteiger partial charge in [-0.2, -0.15) is 0 Å². The highest BCUT2D eigenvalue weighted by Crippen LogP contribution is 2.46. The Hall–Kier alpha value is -3.35. The molecule has 1 N–H and O–H groups in total. The first-order valence-corrected chi connectivity index (χ1v) is 9.27. The molecule has 3 aromatic carbocycles. The number of fused-ring (bicyclic) bond motifs is 3. The molecule has 1 unspecified atom stereocenters. The molecule has 1 aliphatic rings. The number of para-hydroxylation sites is 2. The second-order valence-corrected chi connectivity index (χ2v) is 7.12. The number of rotatable bonds is 2. The highest BCUT2D eigenvalue weighted by Gasteiger charge is 2.36. The average Bonchev–Trinajstić information content (AvgIpc) is 3.19. The number of aromatic nitrogens is 1. The molecule has 2 heteroatoms. The standard InChI is InChI=1S/C25H19NO/c1-17-20-11-5-7-13-22(20)26-16-19(15-18-9-3-2-4-10-18)24(25(17)26)21-12-6-8-14-23(21)27/h2-14,24H,16H2,1H3/p+1. The van der Waals surface area contributed by atoms with Crippen LogP contribution in [0.5, 0.6) is 5.75 Å². The minimum atomic E-state index is 0.0128. The van der Waals surface area contributed by atoms with Gasteiger partial charge in [0.25, 0.3) is 0 Å². The molecule has 0 spiro atoms. The molecule has 0 amide bonds. The molecule has 1 aliphatic heterocycles. The topological polar surface area (TPSA) is 25.2 Å². The third kappa shape index (κ3) is 2.46. The summed E-state index contributed by atoms with van der Waals surface area (Å²) in [4.78, 5) is 0. The van der Waals surface area contributed by atoms with Crippen LogP contribution in [-0.4, -0.2) is 9.67 Å². The van der Waals surface area contributed by atoms with Crippen molar-refractivity contribution in [3.05, 3.63) is 113 Å². The van der Waals surface area contributed by atoms with Crippen molar-refractivity contribution < 1.29 is 5.11 Å². The lowest BCUT2D eigenvalue weighted by atomic mass is 9.87. The van der Waals surface area contributed by atoms with Gasteiger partial charge in [-0.05, 0) is 42.8 Å². The molecule has 27 heavy (non-hydrogen) atoms. The zero-order valence-corrected chi connectivity index (χ0v) is 15.2. The molecule has 0 saturated heterocycles. The lowest BCUT2D eigenvalue weighted by molar-refractivity contribution is 0.467. The lowest BCUT2D eigenvalue weighted by Crippen LogP contribution is -2.02. The van der Waals surface area contributed by atoms with E-state index in [1.807, 2.05) is 36.4 Å². The number of hydrogen-bond acceptors (Lipinski definition) is 1. The molecule has 0 bridgehead atoms. The summed E-state index contributed by atoms with van der Waals surface area (Å²) in [6.07, 6.45) is 3.63. The van der Waals surface area contributed by atoms with Gasteiger partial charge in [0.15, 0.2) is 5.56 Å². The van der Waals surface area contributed by atoms with Crippen molar-refractivity contribution in [1.29, 1.82) is 0 Å². The van der Waals surface area contributed by atoms with Gasteiger partial charge in [0.1, 0.15) is 5.75 Å². The van der Waals surface area contributed by atoms with E-state index >= 15 is 0 Å². The molecule has 0 saturated carbocycles. The molecule has 1 aromatic heterocycles. The Morgan fingerprint density at radius 3 is 2.41 bits per heavy atom. The Bertz CT molecular complexity index is 1170. The third-order valence-electron chi connectivity index (χ3n) is 5.55. The summed E-state index contributed by atoms with van der Waals surface area (Å²) < 4.78 is 2.38. The van der Waals surface area contributed by atoms with Gasteiger partial charge >= 0.3 is 0 Å². The van der Waals surface area contributed by atoms with Crippen molar-refractivity contribution in [2.45, 2.75) is 19.4 Å². The van der Waals surface area contributed by atoms with Crippen LogP contribution in [0.3, 0.4) is 0 Å². The zero-order valence-electron chi connectivity index (χ0n) is 15.2. The lowest BCUT2D eigenvalue weighted by Gasteiger charge is -2.13. The first-order chi connectivity index (χ1) is 13.2. The van der Waals surface area contributed by atoms with Gasteiger partial charge in [0.05, 0.1) is 30.2 Å². The number of aryl methyl sites for hydroxylation is 1. The van der Waals surface area contributed by atoms with Crippen LogP contribution in [-0.2, 0) is 6.54 Å². The number of nitrogens with zero attached hydrogens (tertiary/aromatic N) is 1. The molecule has 0 fully saturated rings. The molecule has 0 radical (unpaired) electrons. The average molecular weight is 350 g/mol. The summed E-state index contributed by atoms with van der Waals surface area (Å²) in [7, 11) is 0. The fraction of sp³-hybridized carbons (Fsp3) is 0.120. The first kappa shape index (κ1) is 15.9. The Morgan fingerprint density at radius 1 is 0.889 bits per heavy atom. The van der Waals surface area contributed by atoms with E-state index < -0.39 is 0 Å². The summed E-state index contributed by atoms with van der Waals surface area (Å²) in [6.45, 7) is 2.98. The highest BCUT2D eigenvalue weighted by atomic mass is 16.3. The Balaban J connectivity index is 1.77. The summed E-state index contributed by atoms with van der Waals surface area (Å²) >= 11 is 0. The number of phenols is 1. The number of phenolic OH excluding ortho intramolecular Hbond substituents is 1. The molecule has 5 rings (SSSR count). The first-order valence-electron chi connectivity index (χ1n) is 9.27. The minimum absolute atomic E-state index is 0.0128. The summed E-state index contributed by atoms with van der Waals surface area (Å²) in [6, 6.07) is 26.5. The number of aromatic hydroxyl groups is 1. The molecule has 0 aliphatic carbocycles. The van der Waals surface area contributed by atoms with Gasteiger partial charge < -0.3 is 9.67 Å². The summed E-state index contributed by atoms with van der Waals surface area (Å²) in [5.74, 6) is 0.353. The van der Waals surface area contributed by atoms with E-state index in [0.29, 0.717) is 5.75 Å². The van der Waals surface area contributed by atoms with Gasteiger partial charge in [-0.25, -0.2) is 0 Å². The van der Waals surface area contributed by atoms with Crippen LogP contribution in [0.1, 0.15) is 28.3 Å². The van der Waals surface area contributed by atoms with Gasteiger partial charge in [-0.1, -0.05) is 36.4 Å². The van der Waals surface area contributed by atoms with Gasteiger partial charge in [0.2, 0.25) is 0 Å². The fourth-order valence-corrected chi connectivity index (χ4v) is 4.35. The Morgan fingerprint density at radius 2 is 1.59 bits per heavy atom. The van der Waals surface area contributed by atoms with Crippen LogP contribution in [0.15, 0.2) is 84.4 Å². The van der Waals surface area contributed by atoms with E-state index in [-0.39, 0.29) is 5.92 Å².